The molecule has 1 saturated heterocycles. The molecule has 132 valence electrons. The van der Waals surface area contributed by atoms with E-state index in [9.17, 15) is 9.59 Å². The molecule has 0 aromatic rings. The molecule has 0 radical (unpaired) electrons. The molecule has 23 heavy (non-hydrogen) atoms. The predicted molar refractivity (Wildman–Crippen MR) is 89.1 cm³/mol. The van der Waals surface area contributed by atoms with Crippen LogP contribution in [-0.4, -0.2) is 42.8 Å². The standard InChI is InChI=1S/C17H31N3O3/c1-16(2,3)23-15(22)20-12-7-6-11(8-12)9-18-13-14(21)19-10-17(13,4)5/h11-13,18H,6-10H2,1-5H3,(H,19,21)(H,20,22)/t11-,12+,13?/m0/s1. The molecule has 3 atom stereocenters. The third-order valence-electron chi connectivity index (χ3n) is 4.63. The van der Waals surface area contributed by atoms with E-state index in [4.69, 9.17) is 4.74 Å². The van der Waals surface area contributed by atoms with E-state index < -0.39 is 5.60 Å². The number of hydrogen-bond donors (Lipinski definition) is 3. The molecule has 0 bridgehead atoms. The largest absolute Gasteiger partial charge is 0.444 e. The minimum atomic E-state index is -0.467. The Balaban J connectivity index is 1.73. The van der Waals surface area contributed by atoms with Crippen LogP contribution in [0.4, 0.5) is 4.79 Å². The van der Waals surface area contributed by atoms with Crippen LogP contribution in [0.3, 0.4) is 0 Å². The maximum absolute atomic E-state index is 11.9. The van der Waals surface area contributed by atoms with Crippen molar-refractivity contribution in [3.8, 4) is 0 Å². The van der Waals surface area contributed by atoms with E-state index in [0.717, 1.165) is 32.4 Å². The Morgan fingerprint density at radius 1 is 1.35 bits per heavy atom. The first-order chi connectivity index (χ1) is 10.6. The van der Waals surface area contributed by atoms with Gasteiger partial charge in [-0.3, -0.25) is 4.79 Å². The first-order valence-corrected chi connectivity index (χ1v) is 8.57. The maximum atomic E-state index is 11.9. The van der Waals surface area contributed by atoms with E-state index in [1.54, 1.807) is 0 Å². The number of rotatable bonds is 4. The van der Waals surface area contributed by atoms with Crippen LogP contribution >= 0.6 is 0 Å². The fourth-order valence-electron chi connectivity index (χ4n) is 3.39. The third kappa shape index (κ3) is 5.09. The molecular weight excluding hydrogens is 294 g/mol. The summed E-state index contributed by atoms with van der Waals surface area (Å²) in [4.78, 5) is 23.7. The highest BCUT2D eigenvalue weighted by Gasteiger charge is 2.41. The maximum Gasteiger partial charge on any atom is 0.407 e. The molecule has 1 saturated carbocycles. The van der Waals surface area contributed by atoms with E-state index >= 15 is 0 Å². The summed E-state index contributed by atoms with van der Waals surface area (Å²) in [5, 5.41) is 9.29. The lowest BCUT2D eigenvalue weighted by Gasteiger charge is -2.26. The van der Waals surface area contributed by atoms with Crippen LogP contribution in [0.1, 0.15) is 53.9 Å². The first-order valence-electron chi connectivity index (χ1n) is 8.57. The Kier molecular flexibility index (Phi) is 5.23. The Morgan fingerprint density at radius 3 is 2.61 bits per heavy atom. The van der Waals surface area contributed by atoms with Gasteiger partial charge in [0.1, 0.15) is 5.60 Å². The van der Waals surface area contributed by atoms with Gasteiger partial charge in [-0.15, -0.1) is 0 Å². The normalized spacial score (nSPS) is 30.1. The van der Waals surface area contributed by atoms with Crippen molar-refractivity contribution < 1.29 is 14.3 Å². The number of hydrogen-bond acceptors (Lipinski definition) is 4. The summed E-state index contributed by atoms with van der Waals surface area (Å²) in [7, 11) is 0. The summed E-state index contributed by atoms with van der Waals surface area (Å²) in [6.07, 6.45) is 2.61. The fourth-order valence-corrected chi connectivity index (χ4v) is 3.39. The van der Waals surface area contributed by atoms with Crippen LogP contribution in [0.15, 0.2) is 0 Å². The van der Waals surface area contributed by atoms with Gasteiger partial charge in [0.05, 0.1) is 6.04 Å². The molecule has 2 amide bonds. The van der Waals surface area contributed by atoms with E-state index in [1.807, 2.05) is 20.8 Å². The van der Waals surface area contributed by atoms with Gasteiger partial charge in [-0.25, -0.2) is 4.79 Å². The second-order valence-corrected chi connectivity index (χ2v) is 8.57. The minimum Gasteiger partial charge on any atom is -0.444 e. The third-order valence-corrected chi connectivity index (χ3v) is 4.63. The van der Waals surface area contributed by atoms with Crippen molar-refractivity contribution in [3.05, 3.63) is 0 Å². The highest BCUT2D eigenvalue weighted by atomic mass is 16.6. The Bertz CT molecular complexity index is 456. The van der Waals surface area contributed by atoms with E-state index in [2.05, 4.69) is 29.8 Å². The molecule has 0 aromatic carbocycles. The molecule has 2 rings (SSSR count). The molecule has 2 aliphatic rings. The van der Waals surface area contributed by atoms with Crippen molar-refractivity contribution in [1.29, 1.82) is 0 Å². The Hall–Kier alpha value is -1.30. The van der Waals surface area contributed by atoms with Gasteiger partial charge in [0.25, 0.3) is 0 Å². The fraction of sp³-hybridized carbons (Fsp3) is 0.882. The van der Waals surface area contributed by atoms with Gasteiger partial charge in [-0.05, 0) is 52.5 Å². The lowest BCUT2D eigenvalue weighted by molar-refractivity contribution is -0.121. The van der Waals surface area contributed by atoms with Crippen molar-refractivity contribution in [2.45, 2.75) is 71.6 Å². The molecular formula is C17H31N3O3. The highest BCUT2D eigenvalue weighted by molar-refractivity contribution is 5.85. The van der Waals surface area contributed by atoms with Crippen LogP contribution in [0.2, 0.25) is 0 Å². The topological polar surface area (TPSA) is 79.5 Å². The molecule has 0 spiro atoms. The summed E-state index contributed by atoms with van der Waals surface area (Å²) in [5.74, 6) is 0.579. The van der Waals surface area contributed by atoms with E-state index in [-0.39, 0.29) is 29.5 Å². The van der Waals surface area contributed by atoms with Gasteiger partial charge < -0.3 is 20.7 Å². The van der Waals surface area contributed by atoms with Gasteiger partial charge >= 0.3 is 6.09 Å². The molecule has 6 nitrogen and oxygen atoms in total. The van der Waals surface area contributed by atoms with Crippen molar-refractivity contribution in [2.24, 2.45) is 11.3 Å². The van der Waals surface area contributed by atoms with Gasteiger partial charge in [-0.2, -0.15) is 0 Å². The predicted octanol–water partition coefficient (Wildman–Crippen LogP) is 1.79. The lowest BCUT2D eigenvalue weighted by Crippen LogP contribution is -2.45. The average Bonchev–Trinajstić information content (AvgIpc) is 2.91. The molecule has 1 heterocycles. The zero-order valence-corrected chi connectivity index (χ0v) is 15.0. The summed E-state index contributed by atoms with van der Waals surface area (Å²) in [6.45, 7) is 11.3. The molecule has 1 aliphatic heterocycles. The van der Waals surface area contributed by atoms with Gasteiger partial charge in [0.2, 0.25) is 5.91 Å². The number of alkyl carbamates (subject to hydrolysis) is 1. The van der Waals surface area contributed by atoms with Crippen molar-refractivity contribution >= 4 is 12.0 Å². The zero-order chi connectivity index (χ0) is 17.3. The van der Waals surface area contributed by atoms with Crippen molar-refractivity contribution in [3.63, 3.8) is 0 Å². The summed E-state index contributed by atoms with van der Waals surface area (Å²) >= 11 is 0. The molecule has 6 heteroatoms. The average molecular weight is 325 g/mol. The summed E-state index contributed by atoms with van der Waals surface area (Å²) in [6, 6.07) is 0.0439. The number of nitrogens with one attached hydrogen (secondary N) is 3. The Labute approximate surface area is 139 Å². The van der Waals surface area contributed by atoms with Gasteiger partial charge in [-0.1, -0.05) is 13.8 Å². The van der Waals surface area contributed by atoms with Gasteiger partial charge in [0, 0.05) is 18.0 Å². The van der Waals surface area contributed by atoms with Crippen molar-refractivity contribution in [2.75, 3.05) is 13.1 Å². The van der Waals surface area contributed by atoms with Crippen LogP contribution in [-0.2, 0) is 9.53 Å². The quantitative estimate of drug-likeness (QED) is 0.736. The molecule has 2 fully saturated rings. The molecule has 1 unspecified atom stereocenters. The number of carbonyl (C=O) groups is 2. The highest BCUT2D eigenvalue weighted by Crippen LogP contribution is 2.28. The monoisotopic (exact) mass is 325 g/mol. The Morgan fingerprint density at radius 2 is 2.04 bits per heavy atom. The smallest absolute Gasteiger partial charge is 0.407 e. The number of ether oxygens (including phenoxy) is 1. The molecule has 0 aromatic heterocycles. The van der Waals surface area contributed by atoms with Crippen LogP contribution in [0, 0.1) is 11.3 Å². The lowest BCUT2D eigenvalue weighted by atomic mass is 9.87. The molecule has 3 N–H and O–H groups in total. The van der Waals surface area contributed by atoms with E-state index in [0.29, 0.717) is 5.92 Å². The van der Waals surface area contributed by atoms with E-state index in [1.165, 1.54) is 0 Å². The number of amides is 2. The minimum absolute atomic E-state index is 0.0517. The summed E-state index contributed by atoms with van der Waals surface area (Å²) in [5.41, 5.74) is -0.519. The molecule has 1 aliphatic carbocycles. The van der Waals surface area contributed by atoms with Crippen LogP contribution < -0.4 is 16.0 Å². The van der Waals surface area contributed by atoms with Gasteiger partial charge in [0.15, 0.2) is 0 Å². The zero-order valence-electron chi connectivity index (χ0n) is 15.0. The second-order valence-electron chi connectivity index (χ2n) is 8.57. The summed E-state index contributed by atoms with van der Waals surface area (Å²) < 4.78 is 5.30. The van der Waals surface area contributed by atoms with Crippen LogP contribution in [0.5, 0.6) is 0 Å². The first kappa shape index (κ1) is 18.0. The van der Waals surface area contributed by atoms with Crippen LogP contribution in [0.25, 0.3) is 0 Å². The SMILES string of the molecule is CC(C)(C)OC(=O)N[C@@H]1CC[C@H](CNC2C(=O)NCC2(C)C)C1. The van der Waals surface area contributed by atoms with Crippen molar-refractivity contribution in [1.82, 2.24) is 16.0 Å². The second kappa shape index (κ2) is 6.67. The number of carbonyl (C=O) groups excluding carboxylic acids is 2.